The minimum atomic E-state index is 0. The zero-order valence-electron chi connectivity index (χ0n) is 10.2. The van der Waals surface area contributed by atoms with Crippen LogP contribution in [0.5, 0.6) is 0 Å². The van der Waals surface area contributed by atoms with Gasteiger partial charge in [0.15, 0.2) is 0 Å². The quantitative estimate of drug-likeness (QED) is 0.549. The first kappa shape index (κ1) is 15.0. The van der Waals surface area contributed by atoms with E-state index in [9.17, 15) is 0 Å². The second-order valence-corrected chi connectivity index (χ2v) is 3.71. The van der Waals surface area contributed by atoms with Gasteiger partial charge in [-0.2, -0.15) is 0 Å². The summed E-state index contributed by atoms with van der Waals surface area (Å²) in [6.45, 7) is 6.21. The first-order chi connectivity index (χ1) is 7.40. The maximum Gasteiger partial charge on any atom is 0.00242 e. The fourth-order valence-corrected chi connectivity index (χ4v) is 1.93. The molecule has 0 spiro atoms. The molecule has 2 aliphatic rings. The van der Waals surface area contributed by atoms with Gasteiger partial charge in [-0.15, -0.1) is 0 Å². The third kappa shape index (κ3) is 3.84. The van der Waals surface area contributed by atoms with E-state index < -0.39 is 0 Å². The third-order valence-corrected chi connectivity index (χ3v) is 2.80. The van der Waals surface area contributed by atoms with Crippen molar-refractivity contribution in [2.45, 2.75) is 47.5 Å². The summed E-state index contributed by atoms with van der Waals surface area (Å²) < 4.78 is 0. The Labute approximate surface area is 101 Å². The van der Waals surface area contributed by atoms with Crippen molar-refractivity contribution in [3.63, 3.8) is 0 Å². The van der Waals surface area contributed by atoms with Crippen molar-refractivity contribution in [1.29, 1.82) is 0 Å². The summed E-state index contributed by atoms with van der Waals surface area (Å²) in [7, 11) is 0. The molecule has 0 aromatic rings. The molecule has 0 nitrogen and oxygen atoms in total. The lowest BCUT2D eigenvalue weighted by molar-refractivity contribution is 0.696. The van der Waals surface area contributed by atoms with E-state index in [1.54, 1.807) is 0 Å². The second-order valence-electron chi connectivity index (χ2n) is 3.71. The molecule has 1 atom stereocenters. The molecule has 0 bridgehead atoms. The molecular formula is C16H26. The molecule has 0 heterocycles. The van der Waals surface area contributed by atoms with Gasteiger partial charge in [0.2, 0.25) is 0 Å². The van der Waals surface area contributed by atoms with Crippen molar-refractivity contribution < 1.29 is 0 Å². The normalized spacial score (nSPS) is 21.6. The van der Waals surface area contributed by atoms with Crippen molar-refractivity contribution in [1.82, 2.24) is 0 Å². The summed E-state index contributed by atoms with van der Waals surface area (Å²) in [6.07, 6.45) is 17.3. The fourth-order valence-electron chi connectivity index (χ4n) is 1.93. The molecule has 0 aromatic heterocycles. The lowest BCUT2D eigenvalue weighted by atomic mass is 9.88. The van der Waals surface area contributed by atoms with Gasteiger partial charge < -0.3 is 0 Å². The highest BCUT2D eigenvalue weighted by Gasteiger charge is 2.13. The summed E-state index contributed by atoms with van der Waals surface area (Å²) in [5.74, 6) is 0.672. The average molecular weight is 218 g/mol. The predicted octanol–water partition coefficient (Wildman–Crippen LogP) is 5.45. The van der Waals surface area contributed by atoms with E-state index in [0.717, 1.165) is 6.42 Å². The van der Waals surface area contributed by atoms with E-state index in [4.69, 9.17) is 0 Å². The maximum absolute atomic E-state index is 2.36. The molecule has 0 heteroatoms. The Kier molecular flexibility index (Phi) is 7.62. The van der Waals surface area contributed by atoms with Gasteiger partial charge >= 0.3 is 0 Å². The highest BCUT2D eigenvalue weighted by atomic mass is 14.2. The summed E-state index contributed by atoms with van der Waals surface area (Å²) in [5.41, 5.74) is 2.95. The smallest absolute Gasteiger partial charge is 0.00242 e. The van der Waals surface area contributed by atoms with Gasteiger partial charge in [0.25, 0.3) is 0 Å². The van der Waals surface area contributed by atoms with Gasteiger partial charge in [0, 0.05) is 5.92 Å². The minimum absolute atomic E-state index is 0. The Morgan fingerprint density at radius 1 is 1.31 bits per heavy atom. The van der Waals surface area contributed by atoms with E-state index >= 15 is 0 Å². The zero-order valence-corrected chi connectivity index (χ0v) is 10.2. The monoisotopic (exact) mass is 218 g/mol. The number of fused-ring (bicyclic) bond motifs is 1. The summed E-state index contributed by atoms with van der Waals surface area (Å²) in [4.78, 5) is 0. The van der Waals surface area contributed by atoms with Gasteiger partial charge in [0.05, 0.1) is 0 Å². The van der Waals surface area contributed by atoms with Crippen molar-refractivity contribution in [3.8, 4) is 0 Å². The summed E-state index contributed by atoms with van der Waals surface area (Å²) in [5, 5.41) is 0. The fraction of sp³-hybridized carbons (Fsp3) is 0.500. The Bertz CT molecular complexity index is 300. The molecule has 2 aliphatic carbocycles. The third-order valence-electron chi connectivity index (χ3n) is 2.80. The van der Waals surface area contributed by atoms with Crippen LogP contribution < -0.4 is 0 Å². The lowest BCUT2D eigenvalue weighted by Crippen LogP contribution is -2.02. The molecule has 90 valence electrons. The molecule has 16 heavy (non-hydrogen) atoms. The van der Waals surface area contributed by atoms with E-state index in [1.165, 1.54) is 24.0 Å². The Balaban J connectivity index is 0.000000711. The number of hydrogen-bond acceptors (Lipinski definition) is 0. The molecule has 0 saturated carbocycles. The van der Waals surface area contributed by atoms with Crippen LogP contribution in [0.25, 0.3) is 0 Å². The predicted molar refractivity (Wildman–Crippen MR) is 75.5 cm³/mol. The molecule has 0 amide bonds. The standard InChI is InChI=1S/C13H16.C2H6.CH4/c1-2-11-8-9-12-6-4-3-5-7-13(12)10-11;1-2;/h3,5,7-10,12H,2,4,6H2,1H3;1-2H3;1H4. The van der Waals surface area contributed by atoms with Crippen LogP contribution in [0.2, 0.25) is 0 Å². The molecule has 0 aromatic carbocycles. The maximum atomic E-state index is 2.36. The highest BCUT2D eigenvalue weighted by molar-refractivity contribution is 5.41. The average Bonchev–Trinajstić information content (AvgIpc) is 2.55. The zero-order chi connectivity index (χ0) is 11.1. The van der Waals surface area contributed by atoms with Crippen molar-refractivity contribution in [3.05, 3.63) is 47.6 Å². The van der Waals surface area contributed by atoms with Crippen LogP contribution in [-0.4, -0.2) is 0 Å². The molecule has 2 rings (SSSR count). The molecule has 1 unspecified atom stereocenters. The number of allylic oxidation sites excluding steroid dienone is 8. The van der Waals surface area contributed by atoms with Crippen molar-refractivity contribution in [2.24, 2.45) is 5.92 Å². The van der Waals surface area contributed by atoms with Crippen LogP contribution in [0.3, 0.4) is 0 Å². The van der Waals surface area contributed by atoms with Gasteiger partial charge in [-0.3, -0.25) is 0 Å². The second kappa shape index (κ2) is 8.15. The Hall–Kier alpha value is -1.04. The molecule has 0 saturated heterocycles. The van der Waals surface area contributed by atoms with Crippen LogP contribution in [0, 0.1) is 5.92 Å². The number of hydrogen-bond donors (Lipinski definition) is 0. The number of rotatable bonds is 1. The lowest BCUT2D eigenvalue weighted by Gasteiger charge is -2.17. The van der Waals surface area contributed by atoms with Crippen molar-refractivity contribution in [2.75, 3.05) is 0 Å². The van der Waals surface area contributed by atoms with E-state index in [2.05, 4.69) is 43.4 Å². The van der Waals surface area contributed by atoms with Gasteiger partial charge in [-0.25, -0.2) is 0 Å². The molecule has 0 fully saturated rings. The topological polar surface area (TPSA) is 0 Å². The molecular weight excluding hydrogens is 192 g/mol. The van der Waals surface area contributed by atoms with Crippen LogP contribution in [0.4, 0.5) is 0 Å². The first-order valence-electron chi connectivity index (χ1n) is 6.15. The molecule has 0 N–H and O–H groups in total. The Morgan fingerprint density at radius 2 is 2.06 bits per heavy atom. The van der Waals surface area contributed by atoms with Crippen molar-refractivity contribution >= 4 is 0 Å². The summed E-state index contributed by atoms with van der Waals surface area (Å²) >= 11 is 0. The van der Waals surface area contributed by atoms with Crippen LogP contribution in [0.1, 0.15) is 47.5 Å². The van der Waals surface area contributed by atoms with E-state index in [0.29, 0.717) is 5.92 Å². The minimum Gasteiger partial charge on any atom is -0.0845 e. The van der Waals surface area contributed by atoms with E-state index in [1.807, 2.05) is 13.8 Å². The first-order valence-corrected chi connectivity index (χ1v) is 6.15. The van der Waals surface area contributed by atoms with Gasteiger partial charge in [-0.1, -0.05) is 64.7 Å². The molecule has 0 aliphatic heterocycles. The SMILES string of the molecule is C.CC.CCC1=CC2=CC=CCCC2C=C1. The van der Waals surface area contributed by atoms with Crippen LogP contribution in [-0.2, 0) is 0 Å². The van der Waals surface area contributed by atoms with Crippen LogP contribution in [0.15, 0.2) is 47.6 Å². The highest BCUT2D eigenvalue weighted by Crippen LogP contribution is 2.29. The molecule has 0 radical (unpaired) electrons. The van der Waals surface area contributed by atoms with Gasteiger partial charge in [-0.05, 0) is 30.4 Å². The van der Waals surface area contributed by atoms with Gasteiger partial charge in [0.1, 0.15) is 0 Å². The summed E-state index contributed by atoms with van der Waals surface area (Å²) in [6, 6.07) is 0. The van der Waals surface area contributed by atoms with E-state index in [-0.39, 0.29) is 7.43 Å². The Morgan fingerprint density at radius 3 is 2.75 bits per heavy atom. The largest absolute Gasteiger partial charge is 0.0845 e. The van der Waals surface area contributed by atoms with Crippen LogP contribution >= 0.6 is 0 Å².